The molecule has 7 nitrogen and oxygen atoms in total. The SMILES string of the molecule is O=C(Cc1cccs1)N[C@H]1C[C@H](C(=O)N2CCCC2)C[C@H]1c1nc(-c2ccccc2)no1. The van der Waals surface area contributed by atoms with Crippen molar-refractivity contribution in [3.63, 3.8) is 0 Å². The van der Waals surface area contributed by atoms with Gasteiger partial charge in [-0.05, 0) is 37.1 Å². The molecule has 0 unspecified atom stereocenters. The molecule has 3 aromatic rings. The number of amides is 2. The Morgan fingerprint density at radius 2 is 1.91 bits per heavy atom. The molecule has 5 rings (SSSR count). The van der Waals surface area contributed by atoms with E-state index in [9.17, 15) is 9.59 Å². The summed E-state index contributed by atoms with van der Waals surface area (Å²) in [6.45, 7) is 1.65. The van der Waals surface area contributed by atoms with Crippen LogP contribution < -0.4 is 5.32 Å². The van der Waals surface area contributed by atoms with Gasteiger partial charge < -0.3 is 14.7 Å². The molecule has 2 aliphatic rings. The lowest BCUT2D eigenvalue weighted by atomic mass is 10.0. The highest BCUT2D eigenvalue weighted by Crippen LogP contribution is 2.40. The molecule has 2 amide bonds. The number of carbonyl (C=O) groups excluding carboxylic acids is 2. The summed E-state index contributed by atoms with van der Waals surface area (Å²) >= 11 is 1.57. The number of benzene rings is 1. The Bertz CT molecular complexity index is 1060. The van der Waals surface area contributed by atoms with Crippen LogP contribution in [0.15, 0.2) is 52.4 Å². The monoisotopic (exact) mass is 450 g/mol. The van der Waals surface area contributed by atoms with E-state index in [0.29, 0.717) is 31.0 Å². The van der Waals surface area contributed by atoms with Crippen molar-refractivity contribution in [3.05, 3.63) is 58.6 Å². The van der Waals surface area contributed by atoms with Crippen LogP contribution in [0.5, 0.6) is 0 Å². The molecule has 0 bridgehead atoms. The average Bonchev–Trinajstić information content (AvgIpc) is 3.61. The van der Waals surface area contributed by atoms with Crippen LogP contribution in [-0.2, 0) is 16.0 Å². The molecule has 1 aliphatic carbocycles. The zero-order valence-electron chi connectivity index (χ0n) is 17.8. The van der Waals surface area contributed by atoms with Gasteiger partial charge in [-0.1, -0.05) is 41.6 Å². The van der Waals surface area contributed by atoms with Crippen molar-refractivity contribution in [2.75, 3.05) is 13.1 Å². The van der Waals surface area contributed by atoms with E-state index in [4.69, 9.17) is 4.52 Å². The normalized spacial score (nSPS) is 22.9. The highest BCUT2D eigenvalue weighted by atomic mass is 32.1. The lowest BCUT2D eigenvalue weighted by molar-refractivity contribution is -0.134. The predicted molar refractivity (Wildman–Crippen MR) is 121 cm³/mol. The van der Waals surface area contributed by atoms with Crippen molar-refractivity contribution < 1.29 is 14.1 Å². The molecule has 1 saturated carbocycles. The van der Waals surface area contributed by atoms with Gasteiger partial charge in [-0.2, -0.15) is 4.98 Å². The molecule has 32 heavy (non-hydrogen) atoms. The van der Waals surface area contributed by atoms with Crippen LogP contribution >= 0.6 is 11.3 Å². The second-order valence-electron chi connectivity index (χ2n) is 8.56. The number of aromatic nitrogens is 2. The van der Waals surface area contributed by atoms with Crippen LogP contribution in [-0.4, -0.2) is 46.0 Å². The Kier molecular flexibility index (Phi) is 6.03. The third-order valence-corrected chi connectivity index (χ3v) is 7.26. The molecular weight excluding hydrogens is 424 g/mol. The minimum Gasteiger partial charge on any atom is -0.352 e. The van der Waals surface area contributed by atoms with Crippen LogP contribution in [0.25, 0.3) is 11.4 Å². The first-order valence-corrected chi connectivity index (χ1v) is 12.0. The minimum absolute atomic E-state index is 0.0421. The third-order valence-electron chi connectivity index (χ3n) is 6.38. The molecule has 3 atom stereocenters. The lowest BCUT2D eigenvalue weighted by Crippen LogP contribution is -2.38. The van der Waals surface area contributed by atoms with Gasteiger partial charge in [0.05, 0.1) is 12.3 Å². The van der Waals surface area contributed by atoms with Crippen molar-refractivity contribution in [1.82, 2.24) is 20.4 Å². The zero-order chi connectivity index (χ0) is 21.9. The highest BCUT2D eigenvalue weighted by Gasteiger charge is 2.43. The fraction of sp³-hybridized carbons (Fsp3) is 0.417. The van der Waals surface area contributed by atoms with E-state index in [1.165, 1.54) is 0 Å². The third kappa shape index (κ3) is 4.46. The van der Waals surface area contributed by atoms with Gasteiger partial charge in [0.25, 0.3) is 0 Å². The summed E-state index contributed by atoms with van der Waals surface area (Å²) in [5, 5.41) is 9.29. The Morgan fingerprint density at radius 1 is 1.09 bits per heavy atom. The van der Waals surface area contributed by atoms with E-state index in [1.54, 1.807) is 11.3 Å². The molecule has 2 fully saturated rings. The standard InChI is InChI=1S/C24H26N4O3S/c29-21(15-18-9-6-12-32-18)25-20-14-17(24(30)28-10-4-5-11-28)13-19(20)23-26-22(27-31-23)16-7-2-1-3-8-16/h1-3,6-9,12,17,19-20H,4-5,10-11,13-15H2,(H,25,29)/t17-,19-,20+/m1/s1. The fourth-order valence-electron chi connectivity index (χ4n) is 4.79. The van der Waals surface area contributed by atoms with E-state index < -0.39 is 0 Å². The number of hydrogen-bond donors (Lipinski definition) is 1. The number of likely N-dealkylation sites (tertiary alicyclic amines) is 1. The van der Waals surface area contributed by atoms with Crippen LogP contribution in [0.2, 0.25) is 0 Å². The fourth-order valence-corrected chi connectivity index (χ4v) is 5.49. The molecule has 0 spiro atoms. The average molecular weight is 451 g/mol. The molecule has 1 aromatic carbocycles. The smallest absolute Gasteiger partial charge is 0.232 e. The quantitative estimate of drug-likeness (QED) is 0.619. The molecule has 166 valence electrons. The Balaban J connectivity index is 1.35. The zero-order valence-corrected chi connectivity index (χ0v) is 18.6. The molecule has 2 aromatic heterocycles. The second-order valence-corrected chi connectivity index (χ2v) is 9.59. The maximum absolute atomic E-state index is 13.1. The summed E-state index contributed by atoms with van der Waals surface area (Å²) in [6.07, 6.45) is 3.67. The number of nitrogens with zero attached hydrogens (tertiary/aromatic N) is 3. The maximum Gasteiger partial charge on any atom is 0.232 e. The van der Waals surface area contributed by atoms with Crippen LogP contribution in [0.1, 0.15) is 42.4 Å². The van der Waals surface area contributed by atoms with E-state index in [2.05, 4.69) is 15.5 Å². The van der Waals surface area contributed by atoms with Crippen LogP contribution in [0, 0.1) is 5.92 Å². The highest BCUT2D eigenvalue weighted by molar-refractivity contribution is 7.10. The molecule has 1 N–H and O–H groups in total. The van der Waals surface area contributed by atoms with Gasteiger partial charge in [0.2, 0.25) is 23.5 Å². The van der Waals surface area contributed by atoms with E-state index >= 15 is 0 Å². The van der Waals surface area contributed by atoms with E-state index in [0.717, 1.165) is 36.4 Å². The second kappa shape index (κ2) is 9.24. The Morgan fingerprint density at radius 3 is 2.66 bits per heavy atom. The summed E-state index contributed by atoms with van der Waals surface area (Å²) < 4.78 is 5.64. The molecule has 1 aliphatic heterocycles. The van der Waals surface area contributed by atoms with Crippen LogP contribution in [0.3, 0.4) is 0 Å². The van der Waals surface area contributed by atoms with Gasteiger partial charge in [-0.15, -0.1) is 11.3 Å². The predicted octanol–water partition coefficient (Wildman–Crippen LogP) is 3.64. The first kappa shape index (κ1) is 20.9. The van der Waals surface area contributed by atoms with Gasteiger partial charge in [-0.3, -0.25) is 9.59 Å². The van der Waals surface area contributed by atoms with Gasteiger partial charge in [0, 0.05) is 35.5 Å². The van der Waals surface area contributed by atoms with Gasteiger partial charge >= 0.3 is 0 Å². The number of nitrogens with one attached hydrogen (secondary N) is 1. The summed E-state index contributed by atoms with van der Waals surface area (Å²) in [4.78, 5) is 33.4. The first-order chi connectivity index (χ1) is 15.7. The van der Waals surface area contributed by atoms with Crippen molar-refractivity contribution in [2.24, 2.45) is 5.92 Å². The van der Waals surface area contributed by atoms with Crippen LogP contribution in [0.4, 0.5) is 0 Å². The molecule has 0 radical (unpaired) electrons. The van der Waals surface area contributed by atoms with Crippen molar-refractivity contribution >= 4 is 23.2 Å². The summed E-state index contributed by atoms with van der Waals surface area (Å²) in [5.74, 6) is 0.839. The summed E-state index contributed by atoms with van der Waals surface area (Å²) in [6, 6.07) is 13.4. The Labute approximate surface area is 190 Å². The van der Waals surface area contributed by atoms with Crippen molar-refractivity contribution in [3.8, 4) is 11.4 Å². The lowest BCUT2D eigenvalue weighted by Gasteiger charge is -2.20. The molecular formula is C24H26N4O3S. The summed E-state index contributed by atoms with van der Waals surface area (Å²) in [7, 11) is 0. The van der Waals surface area contributed by atoms with Gasteiger partial charge in [0.15, 0.2) is 0 Å². The number of rotatable bonds is 6. The van der Waals surface area contributed by atoms with Gasteiger partial charge in [-0.25, -0.2) is 0 Å². The summed E-state index contributed by atoms with van der Waals surface area (Å²) in [5.41, 5.74) is 0.878. The molecule has 8 heteroatoms. The molecule has 3 heterocycles. The Hall–Kier alpha value is -3.00. The maximum atomic E-state index is 13.1. The number of carbonyl (C=O) groups is 2. The van der Waals surface area contributed by atoms with E-state index in [-0.39, 0.29) is 29.7 Å². The van der Waals surface area contributed by atoms with Crippen molar-refractivity contribution in [1.29, 1.82) is 0 Å². The minimum atomic E-state index is -0.205. The largest absolute Gasteiger partial charge is 0.352 e. The topological polar surface area (TPSA) is 88.3 Å². The first-order valence-electron chi connectivity index (χ1n) is 11.2. The molecule has 1 saturated heterocycles. The number of thiophene rings is 1. The number of hydrogen-bond acceptors (Lipinski definition) is 6. The van der Waals surface area contributed by atoms with Gasteiger partial charge in [0.1, 0.15) is 0 Å². The van der Waals surface area contributed by atoms with E-state index in [1.807, 2.05) is 52.7 Å². The van der Waals surface area contributed by atoms with Crippen molar-refractivity contribution in [2.45, 2.75) is 44.1 Å².